The number of phenols is 1. The molecule has 0 amide bonds. The Kier molecular flexibility index (Phi) is 10.4. The van der Waals surface area contributed by atoms with Crippen LogP contribution in [0.3, 0.4) is 0 Å². The zero-order valence-electron chi connectivity index (χ0n) is 16.8. The molecule has 0 heterocycles. The molecule has 1 aromatic carbocycles. The second-order valence-electron chi connectivity index (χ2n) is 7.43. The number of benzene rings is 1. The average Bonchev–Trinajstić information content (AvgIpc) is 2.47. The van der Waals surface area contributed by atoms with Gasteiger partial charge in [0.25, 0.3) is 0 Å². The number of aryl methyl sites for hydroxylation is 1. The molecule has 0 aromatic heterocycles. The molecule has 1 rings (SSSR count). The molecular weight excluding hydrogens is 300 g/mol. The maximum atomic E-state index is 10.8. The highest BCUT2D eigenvalue weighted by Crippen LogP contribution is 2.39. The first-order valence-electron chi connectivity index (χ1n) is 8.51. The molecule has 24 heavy (non-hydrogen) atoms. The molecule has 2 N–H and O–H groups in total. The van der Waals surface area contributed by atoms with Crippen LogP contribution in [-0.2, 0) is 22.0 Å². The van der Waals surface area contributed by atoms with E-state index in [1.807, 2.05) is 26.0 Å². The molecule has 3 heteroatoms. The van der Waals surface area contributed by atoms with Crippen molar-refractivity contribution in [2.75, 3.05) is 0 Å². The third-order valence-electron chi connectivity index (χ3n) is 3.41. The van der Waals surface area contributed by atoms with Gasteiger partial charge in [0.1, 0.15) is 5.75 Å². The van der Waals surface area contributed by atoms with Gasteiger partial charge >= 0.3 is 5.97 Å². The quantitative estimate of drug-likeness (QED) is 0.682. The molecule has 0 radical (unpaired) electrons. The summed E-state index contributed by atoms with van der Waals surface area (Å²) in [5.41, 5.74) is 2.38. The lowest BCUT2D eigenvalue weighted by atomic mass is 9.78. The highest BCUT2D eigenvalue weighted by Gasteiger charge is 2.26. The largest absolute Gasteiger partial charge is 0.507 e. The molecule has 0 aliphatic heterocycles. The van der Waals surface area contributed by atoms with Crippen LogP contribution in [0.1, 0.15) is 78.5 Å². The van der Waals surface area contributed by atoms with Crippen molar-refractivity contribution >= 4 is 5.97 Å². The third-order valence-corrected chi connectivity index (χ3v) is 3.41. The fourth-order valence-corrected chi connectivity index (χ4v) is 2.23. The zero-order valence-corrected chi connectivity index (χ0v) is 16.8. The molecule has 0 aliphatic rings. The van der Waals surface area contributed by atoms with Crippen LogP contribution in [0.5, 0.6) is 5.75 Å². The molecule has 0 aliphatic carbocycles. The number of aliphatic carboxylic acids is 1. The molecular formula is C21H36O3. The Morgan fingerprint density at radius 1 is 0.958 bits per heavy atom. The standard InChI is InChI=1S/C17H26O3.C2H6.C2H4/c1-16(2,3)12-9-11(7-8-14(18)19)10-13(15(12)20)17(4,5)6;2*1-2/h9-10,20H,7-8H2,1-6H3,(H,18,19);1-2H3;1-2H2. The number of carboxylic acids is 1. The van der Waals surface area contributed by atoms with Gasteiger partial charge in [0.2, 0.25) is 0 Å². The molecule has 0 saturated heterocycles. The summed E-state index contributed by atoms with van der Waals surface area (Å²) in [6, 6.07) is 3.88. The summed E-state index contributed by atoms with van der Waals surface area (Å²) in [5.74, 6) is -0.461. The predicted molar refractivity (Wildman–Crippen MR) is 104 cm³/mol. The van der Waals surface area contributed by atoms with E-state index >= 15 is 0 Å². The van der Waals surface area contributed by atoms with Gasteiger partial charge in [-0.3, -0.25) is 4.79 Å². The summed E-state index contributed by atoms with van der Waals surface area (Å²) in [5, 5.41) is 19.4. The summed E-state index contributed by atoms with van der Waals surface area (Å²) >= 11 is 0. The van der Waals surface area contributed by atoms with E-state index < -0.39 is 5.97 Å². The van der Waals surface area contributed by atoms with Crippen LogP contribution in [-0.4, -0.2) is 16.2 Å². The second kappa shape index (κ2) is 10.2. The van der Waals surface area contributed by atoms with E-state index in [0.29, 0.717) is 12.2 Å². The number of aromatic hydroxyl groups is 1. The molecule has 3 nitrogen and oxygen atoms in total. The van der Waals surface area contributed by atoms with Crippen LogP contribution in [0.15, 0.2) is 25.3 Å². The minimum absolute atomic E-state index is 0.109. The highest BCUT2D eigenvalue weighted by atomic mass is 16.4. The van der Waals surface area contributed by atoms with Crippen LogP contribution in [0.4, 0.5) is 0 Å². The Bertz CT molecular complexity index is 482. The molecule has 0 spiro atoms. The van der Waals surface area contributed by atoms with E-state index in [1.165, 1.54) is 0 Å². The molecule has 0 bridgehead atoms. The van der Waals surface area contributed by atoms with Crippen LogP contribution >= 0.6 is 0 Å². The Morgan fingerprint density at radius 2 is 1.29 bits per heavy atom. The van der Waals surface area contributed by atoms with E-state index in [2.05, 4.69) is 54.7 Å². The van der Waals surface area contributed by atoms with E-state index in [4.69, 9.17) is 5.11 Å². The fraction of sp³-hybridized carbons (Fsp3) is 0.571. The van der Waals surface area contributed by atoms with Crippen molar-refractivity contribution in [3.8, 4) is 5.75 Å². The molecule has 0 unspecified atom stereocenters. The van der Waals surface area contributed by atoms with E-state index in [0.717, 1.165) is 16.7 Å². The first-order valence-corrected chi connectivity index (χ1v) is 8.51. The molecule has 0 saturated carbocycles. The fourth-order valence-electron chi connectivity index (χ4n) is 2.23. The molecule has 0 fully saturated rings. The van der Waals surface area contributed by atoms with Crippen LogP contribution < -0.4 is 0 Å². The number of phenolic OH excluding ortho intramolecular Hbond substituents is 1. The van der Waals surface area contributed by atoms with Gasteiger partial charge in [0.05, 0.1) is 0 Å². The minimum atomic E-state index is -0.798. The van der Waals surface area contributed by atoms with Crippen LogP contribution in [0, 0.1) is 0 Å². The summed E-state index contributed by atoms with van der Waals surface area (Å²) in [6.45, 7) is 22.3. The van der Waals surface area contributed by atoms with Gasteiger partial charge < -0.3 is 10.2 Å². The Hall–Kier alpha value is -1.77. The van der Waals surface area contributed by atoms with Gasteiger partial charge in [-0.15, -0.1) is 13.2 Å². The maximum absolute atomic E-state index is 10.8. The monoisotopic (exact) mass is 336 g/mol. The van der Waals surface area contributed by atoms with Gasteiger partial charge in [-0.1, -0.05) is 67.5 Å². The van der Waals surface area contributed by atoms with Crippen molar-refractivity contribution in [1.82, 2.24) is 0 Å². The Morgan fingerprint density at radius 3 is 1.54 bits per heavy atom. The SMILES string of the molecule is C=C.CC.CC(C)(C)c1cc(CCC(=O)O)cc(C(C)(C)C)c1O. The molecule has 0 atom stereocenters. The highest BCUT2D eigenvalue weighted by molar-refractivity contribution is 5.67. The van der Waals surface area contributed by atoms with Crippen molar-refractivity contribution < 1.29 is 15.0 Å². The maximum Gasteiger partial charge on any atom is 0.303 e. The Labute approximate surface area is 148 Å². The lowest BCUT2D eigenvalue weighted by molar-refractivity contribution is -0.136. The average molecular weight is 337 g/mol. The summed E-state index contributed by atoms with van der Waals surface area (Å²) in [6.07, 6.45) is 0.597. The van der Waals surface area contributed by atoms with Gasteiger partial charge in [0.15, 0.2) is 0 Å². The van der Waals surface area contributed by atoms with Gasteiger partial charge in [-0.2, -0.15) is 0 Å². The smallest absolute Gasteiger partial charge is 0.303 e. The number of carboxylic acid groups (broad SMARTS) is 1. The van der Waals surface area contributed by atoms with Crippen molar-refractivity contribution in [1.29, 1.82) is 0 Å². The number of hydrogen-bond donors (Lipinski definition) is 2. The van der Waals surface area contributed by atoms with Crippen LogP contribution in [0.25, 0.3) is 0 Å². The topological polar surface area (TPSA) is 57.5 Å². The Balaban J connectivity index is 0. The third kappa shape index (κ3) is 7.67. The van der Waals surface area contributed by atoms with E-state index in [1.54, 1.807) is 0 Å². The number of rotatable bonds is 3. The lowest BCUT2D eigenvalue weighted by Gasteiger charge is -2.28. The lowest BCUT2D eigenvalue weighted by Crippen LogP contribution is -2.18. The van der Waals surface area contributed by atoms with Crippen molar-refractivity contribution in [2.45, 2.75) is 79.1 Å². The molecule has 1 aromatic rings. The summed E-state index contributed by atoms with van der Waals surface area (Å²) in [4.78, 5) is 10.8. The summed E-state index contributed by atoms with van der Waals surface area (Å²) < 4.78 is 0. The van der Waals surface area contributed by atoms with E-state index in [9.17, 15) is 9.90 Å². The predicted octanol–water partition coefficient (Wildman–Crippen LogP) is 5.83. The van der Waals surface area contributed by atoms with Crippen LogP contribution in [0.2, 0.25) is 0 Å². The van der Waals surface area contributed by atoms with Crippen molar-refractivity contribution in [3.63, 3.8) is 0 Å². The van der Waals surface area contributed by atoms with Crippen molar-refractivity contribution in [3.05, 3.63) is 42.0 Å². The normalized spacial score (nSPS) is 10.8. The zero-order chi connectivity index (χ0) is 19.7. The first kappa shape index (κ1) is 24.5. The summed E-state index contributed by atoms with van der Waals surface area (Å²) in [7, 11) is 0. The van der Waals surface area contributed by atoms with Gasteiger partial charge in [-0.05, 0) is 33.9 Å². The molecule has 138 valence electrons. The first-order chi connectivity index (χ1) is 10.9. The number of carbonyl (C=O) groups is 1. The van der Waals surface area contributed by atoms with Gasteiger partial charge in [-0.25, -0.2) is 0 Å². The van der Waals surface area contributed by atoms with Crippen molar-refractivity contribution in [2.24, 2.45) is 0 Å². The van der Waals surface area contributed by atoms with Gasteiger partial charge in [0, 0.05) is 6.42 Å². The van der Waals surface area contributed by atoms with E-state index in [-0.39, 0.29) is 17.3 Å². The minimum Gasteiger partial charge on any atom is -0.507 e. The second-order valence-corrected chi connectivity index (χ2v) is 7.43. The number of hydrogen-bond acceptors (Lipinski definition) is 2.